The van der Waals surface area contributed by atoms with Gasteiger partial charge in [0.05, 0.1) is 11.0 Å². The fourth-order valence-corrected chi connectivity index (χ4v) is 2.11. The molecule has 0 atom stereocenters. The summed E-state index contributed by atoms with van der Waals surface area (Å²) in [6.07, 6.45) is 0. The van der Waals surface area contributed by atoms with Gasteiger partial charge in [0, 0.05) is 17.7 Å². The van der Waals surface area contributed by atoms with Crippen molar-refractivity contribution in [2.45, 2.75) is 0 Å². The SMILES string of the molecule is Nc1cc(C(=O)Nc2nc3cc(F)c(F)cc3[nH]2)cc(Cl)n1. The molecule has 112 valence electrons. The van der Waals surface area contributed by atoms with E-state index in [1.807, 2.05) is 0 Å². The second-order valence-corrected chi connectivity index (χ2v) is 4.81. The first-order valence-electron chi connectivity index (χ1n) is 6.01. The van der Waals surface area contributed by atoms with Gasteiger partial charge in [0.25, 0.3) is 5.91 Å². The molecule has 22 heavy (non-hydrogen) atoms. The van der Waals surface area contributed by atoms with Crippen molar-refractivity contribution in [3.05, 3.63) is 46.6 Å². The Morgan fingerprint density at radius 2 is 1.91 bits per heavy atom. The molecule has 1 aromatic carbocycles. The third-order valence-electron chi connectivity index (χ3n) is 2.83. The first kappa shape index (κ1) is 14.2. The number of hydrogen-bond donors (Lipinski definition) is 3. The second-order valence-electron chi connectivity index (χ2n) is 4.43. The molecule has 2 heterocycles. The highest BCUT2D eigenvalue weighted by molar-refractivity contribution is 6.30. The first-order chi connectivity index (χ1) is 10.4. The van der Waals surface area contributed by atoms with Gasteiger partial charge < -0.3 is 10.7 Å². The number of nitrogens with zero attached hydrogens (tertiary/aromatic N) is 2. The Bertz CT molecular complexity index is 836. The van der Waals surface area contributed by atoms with E-state index in [0.29, 0.717) is 0 Å². The summed E-state index contributed by atoms with van der Waals surface area (Å²) in [5.74, 6) is -2.45. The van der Waals surface area contributed by atoms with Gasteiger partial charge in [-0.3, -0.25) is 10.1 Å². The number of amides is 1. The molecule has 0 bridgehead atoms. The Kier molecular flexibility index (Phi) is 3.38. The lowest BCUT2D eigenvalue weighted by atomic mass is 10.2. The molecule has 4 N–H and O–H groups in total. The second kappa shape index (κ2) is 5.23. The molecule has 2 aromatic heterocycles. The summed E-state index contributed by atoms with van der Waals surface area (Å²) in [6.45, 7) is 0. The van der Waals surface area contributed by atoms with E-state index >= 15 is 0 Å². The van der Waals surface area contributed by atoms with E-state index in [9.17, 15) is 13.6 Å². The topological polar surface area (TPSA) is 96.7 Å². The van der Waals surface area contributed by atoms with Gasteiger partial charge in [-0.15, -0.1) is 0 Å². The van der Waals surface area contributed by atoms with E-state index in [-0.39, 0.29) is 33.5 Å². The van der Waals surface area contributed by atoms with Crippen LogP contribution in [0.4, 0.5) is 20.5 Å². The van der Waals surface area contributed by atoms with Crippen LogP contribution in [0.15, 0.2) is 24.3 Å². The van der Waals surface area contributed by atoms with Gasteiger partial charge in [0.15, 0.2) is 11.6 Å². The number of rotatable bonds is 2. The number of aromatic nitrogens is 3. The van der Waals surface area contributed by atoms with E-state index in [2.05, 4.69) is 20.3 Å². The van der Waals surface area contributed by atoms with Crippen molar-refractivity contribution in [2.75, 3.05) is 11.1 Å². The molecule has 9 heteroatoms. The first-order valence-corrected chi connectivity index (χ1v) is 6.39. The molecular weight excluding hydrogens is 316 g/mol. The molecule has 0 saturated carbocycles. The molecule has 0 aliphatic rings. The molecule has 0 radical (unpaired) electrons. The van der Waals surface area contributed by atoms with Crippen LogP contribution in [0.2, 0.25) is 5.15 Å². The number of imidazole rings is 1. The zero-order chi connectivity index (χ0) is 15.9. The number of anilines is 2. The molecule has 0 spiro atoms. The van der Waals surface area contributed by atoms with Gasteiger partial charge in [-0.1, -0.05) is 11.6 Å². The number of pyridine rings is 1. The van der Waals surface area contributed by atoms with Crippen LogP contribution in [0.25, 0.3) is 11.0 Å². The van der Waals surface area contributed by atoms with Crippen molar-refractivity contribution >= 4 is 40.3 Å². The van der Waals surface area contributed by atoms with Crippen LogP contribution in [-0.2, 0) is 0 Å². The van der Waals surface area contributed by atoms with Gasteiger partial charge in [0.2, 0.25) is 5.95 Å². The Hall–Kier alpha value is -2.74. The minimum atomic E-state index is -1.02. The Morgan fingerprint density at radius 1 is 1.18 bits per heavy atom. The van der Waals surface area contributed by atoms with E-state index in [4.69, 9.17) is 17.3 Å². The number of benzene rings is 1. The van der Waals surface area contributed by atoms with Crippen LogP contribution in [0, 0.1) is 11.6 Å². The van der Waals surface area contributed by atoms with E-state index < -0.39 is 17.5 Å². The van der Waals surface area contributed by atoms with Crippen molar-refractivity contribution in [1.29, 1.82) is 0 Å². The molecule has 6 nitrogen and oxygen atoms in total. The zero-order valence-electron chi connectivity index (χ0n) is 10.8. The van der Waals surface area contributed by atoms with Crippen LogP contribution < -0.4 is 11.1 Å². The molecule has 0 saturated heterocycles. The Balaban J connectivity index is 1.90. The van der Waals surface area contributed by atoms with Crippen LogP contribution in [0.5, 0.6) is 0 Å². The van der Waals surface area contributed by atoms with Crippen molar-refractivity contribution in [2.24, 2.45) is 0 Å². The third kappa shape index (κ3) is 2.68. The molecule has 0 aliphatic heterocycles. The van der Waals surface area contributed by atoms with E-state index in [1.54, 1.807) is 0 Å². The molecule has 1 amide bonds. The lowest BCUT2D eigenvalue weighted by Gasteiger charge is -2.03. The summed E-state index contributed by atoms with van der Waals surface area (Å²) < 4.78 is 26.3. The number of carbonyl (C=O) groups excluding carboxylic acids is 1. The third-order valence-corrected chi connectivity index (χ3v) is 3.03. The average molecular weight is 324 g/mol. The monoisotopic (exact) mass is 323 g/mol. The Labute approximate surface area is 127 Å². The smallest absolute Gasteiger partial charge is 0.258 e. The van der Waals surface area contributed by atoms with Crippen molar-refractivity contribution in [3.63, 3.8) is 0 Å². The van der Waals surface area contributed by atoms with Crippen LogP contribution in [0.3, 0.4) is 0 Å². The summed E-state index contributed by atoms with van der Waals surface area (Å²) in [4.78, 5) is 22.4. The maximum atomic E-state index is 13.1. The van der Waals surface area contributed by atoms with Crippen molar-refractivity contribution in [3.8, 4) is 0 Å². The highest BCUT2D eigenvalue weighted by Crippen LogP contribution is 2.19. The molecule has 3 rings (SSSR count). The molecule has 3 aromatic rings. The van der Waals surface area contributed by atoms with Gasteiger partial charge in [-0.25, -0.2) is 18.7 Å². The summed E-state index contributed by atoms with van der Waals surface area (Å²) in [5.41, 5.74) is 6.11. The normalized spacial score (nSPS) is 10.9. The maximum absolute atomic E-state index is 13.1. The number of carbonyl (C=O) groups is 1. The largest absolute Gasteiger partial charge is 0.384 e. The number of halogens is 3. The highest BCUT2D eigenvalue weighted by atomic mass is 35.5. The number of nitrogen functional groups attached to an aromatic ring is 1. The van der Waals surface area contributed by atoms with E-state index in [1.165, 1.54) is 12.1 Å². The van der Waals surface area contributed by atoms with Crippen LogP contribution in [0.1, 0.15) is 10.4 Å². The maximum Gasteiger partial charge on any atom is 0.258 e. The van der Waals surface area contributed by atoms with E-state index in [0.717, 1.165) is 12.1 Å². The number of fused-ring (bicyclic) bond motifs is 1. The summed E-state index contributed by atoms with van der Waals surface area (Å²) in [6, 6.07) is 4.55. The standard InChI is InChI=1S/C13H8ClF2N5O/c14-10-1-5(2-11(17)20-10)12(22)21-13-18-8-3-6(15)7(16)4-9(8)19-13/h1-4H,(H2,17,20)(H2,18,19,21,22). The van der Waals surface area contributed by atoms with Crippen molar-refractivity contribution < 1.29 is 13.6 Å². The van der Waals surface area contributed by atoms with Crippen LogP contribution in [-0.4, -0.2) is 20.9 Å². The number of nitrogens with two attached hydrogens (primary N) is 1. The summed E-state index contributed by atoms with van der Waals surface area (Å²) in [5, 5.41) is 2.52. The molecule has 0 unspecified atom stereocenters. The van der Waals surface area contributed by atoms with Gasteiger partial charge in [0.1, 0.15) is 11.0 Å². The van der Waals surface area contributed by atoms with Gasteiger partial charge >= 0.3 is 0 Å². The highest BCUT2D eigenvalue weighted by Gasteiger charge is 2.13. The predicted molar refractivity (Wildman–Crippen MR) is 77.6 cm³/mol. The minimum Gasteiger partial charge on any atom is -0.384 e. The fraction of sp³-hybridized carbons (Fsp3) is 0. The fourth-order valence-electron chi connectivity index (χ4n) is 1.89. The Morgan fingerprint density at radius 3 is 2.64 bits per heavy atom. The number of hydrogen-bond acceptors (Lipinski definition) is 4. The summed E-state index contributed by atoms with van der Waals surface area (Å²) >= 11 is 5.72. The van der Waals surface area contributed by atoms with Crippen LogP contribution >= 0.6 is 11.6 Å². The quantitative estimate of drug-likeness (QED) is 0.632. The summed E-state index contributed by atoms with van der Waals surface area (Å²) in [7, 11) is 0. The zero-order valence-corrected chi connectivity index (χ0v) is 11.6. The molecule has 0 aliphatic carbocycles. The number of H-pyrrole nitrogens is 1. The molecule has 0 fully saturated rings. The molecular formula is C13H8ClF2N5O. The predicted octanol–water partition coefficient (Wildman–Crippen LogP) is 2.72. The lowest BCUT2D eigenvalue weighted by molar-refractivity contribution is 0.102. The van der Waals surface area contributed by atoms with Gasteiger partial charge in [-0.05, 0) is 12.1 Å². The average Bonchev–Trinajstić information content (AvgIpc) is 2.79. The number of aromatic amines is 1. The van der Waals surface area contributed by atoms with Gasteiger partial charge in [-0.2, -0.15) is 0 Å². The lowest BCUT2D eigenvalue weighted by Crippen LogP contribution is -2.13. The van der Waals surface area contributed by atoms with Crippen molar-refractivity contribution in [1.82, 2.24) is 15.0 Å². The number of nitrogens with one attached hydrogen (secondary N) is 2. The minimum absolute atomic E-state index is 0.0384.